The fourth-order valence-electron chi connectivity index (χ4n) is 3.31. The summed E-state index contributed by atoms with van der Waals surface area (Å²) in [6, 6.07) is 7.61. The quantitative estimate of drug-likeness (QED) is 0.809. The van der Waals surface area contributed by atoms with Crippen LogP contribution >= 0.6 is 23.8 Å². The fourth-order valence-corrected chi connectivity index (χ4v) is 3.86. The number of nitrogens with one attached hydrogen (secondary N) is 1. The third kappa shape index (κ3) is 3.90. The molecule has 2 rings (SSSR count). The van der Waals surface area contributed by atoms with Gasteiger partial charge < -0.3 is 15.1 Å². The van der Waals surface area contributed by atoms with Gasteiger partial charge in [-0.2, -0.15) is 0 Å². The van der Waals surface area contributed by atoms with E-state index in [0.717, 1.165) is 37.9 Å². The molecule has 0 spiro atoms. The molecule has 6 heteroatoms. The number of nitrogens with zero attached hydrogens (tertiary/aromatic N) is 2. The van der Waals surface area contributed by atoms with Gasteiger partial charge in [-0.1, -0.05) is 29.8 Å². The molecule has 0 aromatic heterocycles. The van der Waals surface area contributed by atoms with Crippen LogP contribution in [0.2, 0.25) is 5.02 Å². The van der Waals surface area contributed by atoms with Crippen LogP contribution in [0.25, 0.3) is 0 Å². The molecule has 0 heterocycles. The molecule has 132 valence electrons. The van der Waals surface area contributed by atoms with Crippen molar-refractivity contribution in [1.29, 1.82) is 0 Å². The monoisotopic (exact) mass is 367 g/mol. The van der Waals surface area contributed by atoms with Crippen LogP contribution < -0.4 is 5.32 Å². The van der Waals surface area contributed by atoms with Crippen LogP contribution in [0.1, 0.15) is 31.2 Å². The molecule has 1 fully saturated rings. The molecule has 0 radical (unpaired) electrons. The summed E-state index contributed by atoms with van der Waals surface area (Å²) >= 11 is 12.0. The average molecular weight is 368 g/mol. The van der Waals surface area contributed by atoms with Gasteiger partial charge in [-0.25, -0.2) is 0 Å². The average Bonchev–Trinajstić information content (AvgIpc) is 2.55. The van der Waals surface area contributed by atoms with Crippen LogP contribution in [0.5, 0.6) is 0 Å². The molecule has 0 aliphatic heterocycles. The van der Waals surface area contributed by atoms with Gasteiger partial charge in [0, 0.05) is 37.1 Å². The maximum Gasteiger partial charge on any atom is 0.169 e. The lowest BCUT2D eigenvalue weighted by Gasteiger charge is -2.45. The van der Waals surface area contributed by atoms with E-state index in [1.807, 2.05) is 50.3 Å². The van der Waals surface area contributed by atoms with Crippen LogP contribution in [-0.4, -0.2) is 54.9 Å². The smallest absolute Gasteiger partial charge is 0.169 e. The molecule has 1 aliphatic rings. The number of halogens is 1. The van der Waals surface area contributed by atoms with E-state index in [4.69, 9.17) is 23.8 Å². The maximum absolute atomic E-state index is 13.0. The second-order valence-corrected chi connectivity index (χ2v) is 7.36. The minimum absolute atomic E-state index is 0.195. The highest BCUT2D eigenvalue weighted by molar-refractivity contribution is 7.80. The third-order valence-electron chi connectivity index (χ3n) is 4.69. The van der Waals surface area contributed by atoms with Crippen LogP contribution in [0.4, 0.5) is 0 Å². The Labute approximate surface area is 155 Å². The van der Waals surface area contributed by atoms with E-state index in [-0.39, 0.29) is 5.78 Å². The zero-order chi connectivity index (χ0) is 17.7. The molecule has 4 nitrogen and oxygen atoms in total. The van der Waals surface area contributed by atoms with E-state index in [2.05, 4.69) is 10.2 Å². The predicted molar refractivity (Wildman–Crippen MR) is 104 cm³/mol. The fraction of sp³-hybridized carbons (Fsp3) is 0.556. The maximum atomic E-state index is 13.0. The number of benzene rings is 1. The molecule has 1 saturated carbocycles. The molecular weight excluding hydrogens is 342 g/mol. The second-order valence-electron chi connectivity index (χ2n) is 6.56. The summed E-state index contributed by atoms with van der Waals surface area (Å²) in [6.07, 6.45) is 3.22. The number of rotatable bonds is 5. The first-order valence-corrected chi connectivity index (χ1v) is 9.13. The van der Waals surface area contributed by atoms with Gasteiger partial charge in [0.1, 0.15) is 5.54 Å². The molecule has 0 bridgehead atoms. The third-order valence-corrected chi connectivity index (χ3v) is 5.43. The minimum atomic E-state index is -0.765. The van der Waals surface area contributed by atoms with E-state index in [1.165, 1.54) is 0 Å². The first kappa shape index (κ1) is 19.2. The van der Waals surface area contributed by atoms with E-state index >= 15 is 0 Å². The summed E-state index contributed by atoms with van der Waals surface area (Å²) in [7, 11) is 5.94. The summed E-state index contributed by atoms with van der Waals surface area (Å²) in [5.74, 6) is 0.195. The Balaban J connectivity index is 2.31. The van der Waals surface area contributed by atoms with Crippen molar-refractivity contribution in [3.8, 4) is 0 Å². The zero-order valence-electron chi connectivity index (χ0n) is 14.6. The highest BCUT2D eigenvalue weighted by Crippen LogP contribution is 2.42. The lowest BCUT2D eigenvalue weighted by molar-refractivity contribution is -0.131. The van der Waals surface area contributed by atoms with Gasteiger partial charge >= 0.3 is 0 Å². The number of hydrogen-bond acceptors (Lipinski definition) is 3. The highest BCUT2D eigenvalue weighted by Gasteiger charge is 2.46. The topological polar surface area (TPSA) is 35.6 Å². The standard InChI is InChI=1S/C18H26ClN3OS/c1-21(2)13-12-20-17(24)22(3)18(11-7-6-10-16(18)23)14-8-4-5-9-15(14)19/h4-5,8-9H,6-7,10-13H2,1-3H3,(H,20,24)/t18-/m1/s1. The van der Waals surface area contributed by atoms with Crippen LogP contribution in [0, 0.1) is 0 Å². The van der Waals surface area contributed by atoms with E-state index in [9.17, 15) is 4.79 Å². The predicted octanol–water partition coefficient (Wildman–Crippen LogP) is 3.05. The number of carbonyl (C=O) groups is 1. The molecule has 0 amide bonds. The van der Waals surface area contributed by atoms with Gasteiger partial charge in [0.25, 0.3) is 0 Å². The van der Waals surface area contributed by atoms with Gasteiger partial charge in [0.05, 0.1) is 0 Å². The first-order valence-electron chi connectivity index (χ1n) is 8.34. The number of Topliss-reactive ketones (excluding diaryl/α,β-unsaturated/α-hetero) is 1. The van der Waals surface area contributed by atoms with Gasteiger partial charge in [0.15, 0.2) is 10.9 Å². The number of thiocarbonyl (C=S) groups is 1. The largest absolute Gasteiger partial charge is 0.361 e. The molecular formula is C18H26ClN3OS. The van der Waals surface area contributed by atoms with E-state index < -0.39 is 5.54 Å². The van der Waals surface area contributed by atoms with Crippen molar-refractivity contribution >= 4 is 34.7 Å². The molecule has 1 aliphatic carbocycles. The summed E-state index contributed by atoms with van der Waals surface area (Å²) in [5.41, 5.74) is 0.0920. The SMILES string of the molecule is CN(C)CCNC(=S)N(C)[C@@]1(c2ccccc2Cl)CCCCC1=O. The Bertz CT molecular complexity index is 608. The molecule has 1 aromatic carbocycles. The molecule has 0 saturated heterocycles. The van der Waals surface area contributed by atoms with Crippen LogP contribution in [-0.2, 0) is 10.3 Å². The van der Waals surface area contributed by atoms with Crippen LogP contribution in [0.15, 0.2) is 24.3 Å². The zero-order valence-corrected chi connectivity index (χ0v) is 16.2. The second kappa shape index (κ2) is 8.28. The summed E-state index contributed by atoms with van der Waals surface area (Å²) in [4.78, 5) is 17.0. The minimum Gasteiger partial charge on any atom is -0.361 e. The Hall–Kier alpha value is -1.17. The lowest BCUT2D eigenvalue weighted by Crippen LogP contribution is -2.57. The molecule has 1 N–H and O–H groups in total. The number of hydrogen-bond donors (Lipinski definition) is 1. The van der Waals surface area contributed by atoms with Crippen molar-refractivity contribution in [2.24, 2.45) is 0 Å². The van der Waals surface area contributed by atoms with Crippen molar-refractivity contribution < 1.29 is 4.79 Å². The van der Waals surface area contributed by atoms with Crippen molar-refractivity contribution in [3.63, 3.8) is 0 Å². The van der Waals surface area contributed by atoms with Gasteiger partial charge in [-0.3, -0.25) is 4.79 Å². The Morgan fingerprint density at radius 3 is 2.62 bits per heavy atom. The highest BCUT2D eigenvalue weighted by atomic mass is 35.5. The van der Waals surface area contributed by atoms with Crippen LogP contribution in [0.3, 0.4) is 0 Å². The Kier molecular flexibility index (Phi) is 6.61. The molecule has 1 atom stereocenters. The Morgan fingerprint density at radius 2 is 2.00 bits per heavy atom. The van der Waals surface area contributed by atoms with Crippen molar-refractivity contribution in [2.45, 2.75) is 31.2 Å². The molecule has 1 aromatic rings. The normalized spacial score (nSPS) is 21.0. The molecule has 24 heavy (non-hydrogen) atoms. The van der Waals surface area contributed by atoms with E-state index in [0.29, 0.717) is 16.6 Å². The van der Waals surface area contributed by atoms with Crippen molar-refractivity contribution in [1.82, 2.24) is 15.1 Å². The molecule has 0 unspecified atom stereocenters. The van der Waals surface area contributed by atoms with Gasteiger partial charge in [-0.15, -0.1) is 0 Å². The summed E-state index contributed by atoms with van der Waals surface area (Å²) in [6.45, 7) is 1.62. The first-order chi connectivity index (χ1) is 11.4. The van der Waals surface area contributed by atoms with Crippen molar-refractivity contribution in [3.05, 3.63) is 34.9 Å². The Morgan fingerprint density at radius 1 is 1.29 bits per heavy atom. The number of likely N-dealkylation sites (N-methyl/N-ethyl adjacent to an activating group) is 2. The number of carbonyl (C=O) groups excluding carboxylic acids is 1. The lowest BCUT2D eigenvalue weighted by atomic mass is 9.74. The summed E-state index contributed by atoms with van der Waals surface area (Å²) in [5, 5.41) is 4.48. The van der Waals surface area contributed by atoms with Gasteiger partial charge in [0.2, 0.25) is 0 Å². The van der Waals surface area contributed by atoms with Gasteiger partial charge in [-0.05, 0) is 51.6 Å². The number of ketones is 1. The van der Waals surface area contributed by atoms with Crippen molar-refractivity contribution in [2.75, 3.05) is 34.2 Å². The summed E-state index contributed by atoms with van der Waals surface area (Å²) < 4.78 is 0. The van der Waals surface area contributed by atoms with E-state index in [1.54, 1.807) is 0 Å².